The van der Waals surface area contributed by atoms with Crippen LogP contribution in [0, 0.1) is 35.5 Å². The molecule has 0 saturated heterocycles. The van der Waals surface area contributed by atoms with Crippen LogP contribution in [0.3, 0.4) is 0 Å². The molecule has 4 aliphatic rings. The molecule has 4 rings (SSSR count). The van der Waals surface area contributed by atoms with E-state index in [1.165, 1.54) is 32.6 Å². The summed E-state index contributed by atoms with van der Waals surface area (Å²) < 4.78 is 16.2. The maximum Gasteiger partial charge on any atom is 0.339 e. The monoisotopic (exact) mass is 348 g/mol. The summed E-state index contributed by atoms with van der Waals surface area (Å²) in [6.45, 7) is 6.53. The van der Waals surface area contributed by atoms with Crippen LogP contribution in [0.2, 0.25) is 0 Å². The fourth-order valence-corrected chi connectivity index (χ4v) is 6.42. The van der Waals surface area contributed by atoms with Gasteiger partial charge in [0.1, 0.15) is 6.61 Å². The molecule has 0 aromatic carbocycles. The molecule has 25 heavy (non-hydrogen) atoms. The molecule has 4 bridgehead atoms. The number of hydrogen-bond acceptors (Lipinski definition) is 5. The first-order valence-corrected chi connectivity index (χ1v) is 9.61. The Morgan fingerprint density at radius 1 is 1.08 bits per heavy atom. The van der Waals surface area contributed by atoms with Gasteiger partial charge in [-0.05, 0) is 74.5 Å². The Labute approximate surface area is 149 Å². The van der Waals surface area contributed by atoms with Gasteiger partial charge in [0.15, 0.2) is 0 Å². The van der Waals surface area contributed by atoms with Gasteiger partial charge >= 0.3 is 11.9 Å². The zero-order chi connectivity index (χ0) is 17.7. The van der Waals surface area contributed by atoms with Gasteiger partial charge in [0, 0.05) is 6.92 Å². The predicted molar refractivity (Wildman–Crippen MR) is 90.2 cm³/mol. The molecule has 0 radical (unpaired) electrons. The molecule has 138 valence electrons. The molecule has 4 aliphatic carbocycles. The van der Waals surface area contributed by atoms with E-state index >= 15 is 0 Å². The number of esters is 2. The van der Waals surface area contributed by atoms with Crippen molar-refractivity contribution in [2.24, 2.45) is 35.5 Å². The largest absolute Gasteiger partial charge is 0.461 e. The topological polar surface area (TPSA) is 61.8 Å². The molecular formula is C20H28O5. The molecule has 0 N–H and O–H groups in total. The lowest BCUT2D eigenvalue weighted by Gasteiger charge is -2.39. The molecule has 0 aromatic heterocycles. The zero-order valence-electron chi connectivity index (χ0n) is 15.1. The quantitative estimate of drug-likeness (QED) is 0.319. The SMILES string of the molecule is C=C(COC(C)=O)C(=O)OC(C)OC1CC2CC1C1C3CCC(C3)C21. The van der Waals surface area contributed by atoms with Gasteiger partial charge in [-0.2, -0.15) is 0 Å². The summed E-state index contributed by atoms with van der Waals surface area (Å²) in [4.78, 5) is 22.8. The Balaban J connectivity index is 1.28. The number of fused-ring (bicyclic) bond motifs is 9. The standard InChI is InChI=1S/C20H28O5/c1-10(9-23-11(2)21)20(22)25-12(3)24-17-8-15-7-16(17)19-14-5-4-13(6-14)18(15)19/h12-19H,1,4-9H2,2-3H3. The number of carbonyl (C=O) groups is 2. The molecule has 0 spiro atoms. The second-order valence-electron chi connectivity index (χ2n) is 8.41. The predicted octanol–water partition coefficient (Wildman–Crippen LogP) is 3.08. The van der Waals surface area contributed by atoms with E-state index < -0.39 is 18.2 Å². The zero-order valence-corrected chi connectivity index (χ0v) is 15.1. The van der Waals surface area contributed by atoms with Gasteiger partial charge in [-0.15, -0.1) is 0 Å². The van der Waals surface area contributed by atoms with Crippen molar-refractivity contribution in [1.82, 2.24) is 0 Å². The molecule has 0 amide bonds. The maximum absolute atomic E-state index is 12.0. The average Bonchev–Trinajstić information content (AvgIpc) is 3.30. The minimum Gasteiger partial charge on any atom is -0.461 e. The summed E-state index contributed by atoms with van der Waals surface area (Å²) >= 11 is 0. The molecule has 5 heteroatoms. The van der Waals surface area contributed by atoms with Crippen LogP contribution in [0.5, 0.6) is 0 Å². The molecular weight excluding hydrogens is 320 g/mol. The Bertz CT molecular complexity index is 585. The van der Waals surface area contributed by atoms with Gasteiger partial charge in [-0.25, -0.2) is 4.79 Å². The first kappa shape index (κ1) is 17.1. The van der Waals surface area contributed by atoms with Gasteiger partial charge in [0.2, 0.25) is 6.29 Å². The molecule has 8 unspecified atom stereocenters. The van der Waals surface area contributed by atoms with E-state index in [-0.39, 0.29) is 18.3 Å². The van der Waals surface area contributed by atoms with Crippen LogP contribution in [-0.4, -0.2) is 30.9 Å². The molecule has 0 aliphatic heterocycles. The van der Waals surface area contributed by atoms with Crippen molar-refractivity contribution in [2.75, 3.05) is 6.61 Å². The van der Waals surface area contributed by atoms with E-state index in [0.29, 0.717) is 5.92 Å². The Hall–Kier alpha value is -1.36. The summed E-state index contributed by atoms with van der Waals surface area (Å²) in [6, 6.07) is 0. The van der Waals surface area contributed by atoms with E-state index in [0.717, 1.165) is 36.0 Å². The number of rotatable bonds is 6. The first-order chi connectivity index (χ1) is 11.9. The normalized spacial score (nSPS) is 41.4. The minimum absolute atomic E-state index is 0.131. The number of carbonyl (C=O) groups excluding carboxylic acids is 2. The Morgan fingerprint density at radius 2 is 1.80 bits per heavy atom. The van der Waals surface area contributed by atoms with Crippen LogP contribution < -0.4 is 0 Å². The summed E-state index contributed by atoms with van der Waals surface area (Å²) in [5.74, 6) is 4.15. The van der Waals surface area contributed by atoms with E-state index in [2.05, 4.69) is 6.58 Å². The highest BCUT2D eigenvalue weighted by atomic mass is 16.7. The van der Waals surface area contributed by atoms with E-state index in [1.807, 2.05) is 0 Å². The fraction of sp³-hybridized carbons (Fsp3) is 0.800. The van der Waals surface area contributed by atoms with Crippen LogP contribution in [-0.2, 0) is 23.8 Å². The molecule has 4 fully saturated rings. The van der Waals surface area contributed by atoms with Gasteiger partial charge in [0.05, 0.1) is 11.7 Å². The fourth-order valence-electron chi connectivity index (χ4n) is 6.42. The highest BCUT2D eigenvalue weighted by Crippen LogP contribution is 2.67. The average molecular weight is 348 g/mol. The summed E-state index contributed by atoms with van der Waals surface area (Å²) in [5, 5.41) is 0. The smallest absolute Gasteiger partial charge is 0.339 e. The summed E-state index contributed by atoms with van der Waals surface area (Å²) in [6.07, 6.45) is 6.33. The van der Waals surface area contributed by atoms with Crippen LogP contribution in [0.1, 0.15) is 46.0 Å². The van der Waals surface area contributed by atoms with Crippen molar-refractivity contribution < 1.29 is 23.8 Å². The third kappa shape index (κ3) is 3.01. The minimum atomic E-state index is -0.594. The van der Waals surface area contributed by atoms with Crippen LogP contribution in [0.15, 0.2) is 12.2 Å². The molecule has 4 saturated carbocycles. The summed E-state index contributed by atoms with van der Waals surface area (Å²) in [7, 11) is 0. The van der Waals surface area contributed by atoms with Gasteiger partial charge < -0.3 is 14.2 Å². The second-order valence-corrected chi connectivity index (χ2v) is 8.41. The van der Waals surface area contributed by atoms with Crippen LogP contribution in [0.4, 0.5) is 0 Å². The molecule has 0 heterocycles. The highest BCUT2D eigenvalue weighted by Gasteiger charge is 2.62. The molecule has 8 atom stereocenters. The van der Waals surface area contributed by atoms with E-state index in [9.17, 15) is 9.59 Å². The Morgan fingerprint density at radius 3 is 2.52 bits per heavy atom. The van der Waals surface area contributed by atoms with Gasteiger partial charge in [-0.1, -0.05) is 6.58 Å². The van der Waals surface area contributed by atoms with Crippen molar-refractivity contribution in [3.05, 3.63) is 12.2 Å². The maximum atomic E-state index is 12.0. The molecule has 0 aromatic rings. The lowest BCUT2D eigenvalue weighted by molar-refractivity contribution is -0.190. The van der Waals surface area contributed by atoms with Crippen LogP contribution >= 0.6 is 0 Å². The lowest BCUT2D eigenvalue weighted by atomic mass is 9.70. The first-order valence-electron chi connectivity index (χ1n) is 9.61. The van der Waals surface area contributed by atoms with Gasteiger partial charge in [-0.3, -0.25) is 4.79 Å². The van der Waals surface area contributed by atoms with E-state index in [1.54, 1.807) is 6.92 Å². The second kappa shape index (κ2) is 6.42. The van der Waals surface area contributed by atoms with Crippen molar-refractivity contribution in [3.8, 4) is 0 Å². The van der Waals surface area contributed by atoms with Crippen LogP contribution in [0.25, 0.3) is 0 Å². The lowest BCUT2D eigenvalue weighted by Crippen LogP contribution is -2.38. The number of ether oxygens (including phenoxy) is 3. The van der Waals surface area contributed by atoms with Crippen molar-refractivity contribution in [3.63, 3.8) is 0 Å². The third-order valence-electron chi connectivity index (χ3n) is 7.05. The van der Waals surface area contributed by atoms with Crippen molar-refractivity contribution in [1.29, 1.82) is 0 Å². The van der Waals surface area contributed by atoms with Crippen molar-refractivity contribution in [2.45, 2.75) is 58.3 Å². The molecule has 5 nitrogen and oxygen atoms in total. The third-order valence-corrected chi connectivity index (χ3v) is 7.05. The number of hydrogen-bond donors (Lipinski definition) is 0. The Kier molecular flexibility index (Phi) is 4.38. The highest BCUT2D eigenvalue weighted by molar-refractivity contribution is 5.88. The van der Waals surface area contributed by atoms with Crippen molar-refractivity contribution >= 4 is 11.9 Å². The summed E-state index contributed by atoms with van der Waals surface area (Å²) in [5.41, 5.74) is 0.131. The van der Waals surface area contributed by atoms with Gasteiger partial charge in [0.25, 0.3) is 0 Å². The van der Waals surface area contributed by atoms with E-state index in [4.69, 9.17) is 14.2 Å².